The van der Waals surface area contributed by atoms with Gasteiger partial charge in [0, 0.05) is 17.0 Å². The Balaban J connectivity index is 1.47. The Morgan fingerprint density at radius 3 is 2.55 bits per heavy atom. The zero-order chi connectivity index (χ0) is 20.8. The molecule has 0 aliphatic rings. The molecule has 148 valence electrons. The summed E-state index contributed by atoms with van der Waals surface area (Å²) in [6.45, 7) is -0.482. The van der Waals surface area contributed by atoms with E-state index in [9.17, 15) is 19.7 Å². The minimum Gasteiger partial charge on any atom is -0.455 e. The van der Waals surface area contributed by atoms with Gasteiger partial charge in [0.05, 0.1) is 21.4 Å². The number of benzene rings is 3. The number of esters is 1. The molecular formula is C20H15ClN2O5S. The third-order valence-electron chi connectivity index (χ3n) is 3.88. The zero-order valence-electron chi connectivity index (χ0n) is 15.0. The molecular weight excluding hydrogens is 416 g/mol. The Labute approximate surface area is 175 Å². The number of hydrogen-bond acceptors (Lipinski definition) is 6. The molecule has 0 saturated carbocycles. The molecule has 29 heavy (non-hydrogen) atoms. The molecule has 0 aromatic heterocycles. The van der Waals surface area contributed by atoms with Crippen molar-refractivity contribution >= 4 is 57.4 Å². The standard InChI is InChI=1S/C20H15ClN2O5S/c21-17-10-15(23(26)27)6-8-18(17)22-19(24)11-28-20(25)12-29-16-7-5-13-3-1-2-4-14(13)9-16/h1-10H,11-12H2,(H,22,24). The number of rotatable bonds is 7. The molecule has 0 fully saturated rings. The van der Waals surface area contributed by atoms with Gasteiger partial charge in [0.2, 0.25) is 0 Å². The SMILES string of the molecule is O=C(COC(=O)CSc1ccc2ccccc2c1)Nc1ccc([N+](=O)[O-])cc1Cl. The molecule has 0 unspecified atom stereocenters. The molecule has 0 heterocycles. The van der Waals surface area contributed by atoms with Gasteiger partial charge in [-0.25, -0.2) is 0 Å². The fourth-order valence-corrected chi connectivity index (χ4v) is 3.46. The van der Waals surface area contributed by atoms with Gasteiger partial charge in [-0.15, -0.1) is 11.8 Å². The van der Waals surface area contributed by atoms with Gasteiger partial charge in [0.15, 0.2) is 6.61 Å². The van der Waals surface area contributed by atoms with Gasteiger partial charge in [-0.3, -0.25) is 19.7 Å². The normalized spacial score (nSPS) is 10.5. The molecule has 0 atom stereocenters. The van der Waals surface area contributed by atoms with Crippen LogP contribution in [0.3, 0.4) is 0 Å². The van der Waals surface area contributed by atoms with Crippen molar-refractivity contribution in [2.75, 3.05) is 17.7 Å². The Hall–Kier alpha value is -3.10. The largest absolute Gasteiger partial charge is 0.455 e. The van der Waals surface area contributed by atoms with Crippen molar-refractivity contribution in [1.82, 2.24) is 0 Å². The monoisotopic (exact) mass is 430 g/mol. The predicted molar refractivity (Wildman–Crippen MR) is 112 cm³/mol. The van der Waals surface area contributed by atoms with Gasteiger partial charge >= 0.3 is 5.97 Å². The predicted octanol–water partition coefficient (Wildman–Crippen LogP) is 4.68. The van der Waals surface area contributed by atoms with Crippen LogP contribution in [-0.2, 0) is 14.3 Å². The van der Waals surface area contributed by atoms with Crippen LogP contribution in [0.4, 0.5) is 11.4 Å². The van der Waals surface area contributed by atoms with E-state index in [1.807, 2.05) is 42.5 Å². The maximum absolute atomic E-state index is 11.9. The highest BCUT2D eigenvalue weighted by Gasteiger charge is 2.13. The van der Waals surface area contributed by atoms with Gasteiger partial charge in [-0.05, 0) is 29.0 Å². The highest BCUT2D eigenvalue weighted by atomic mass is 35.5. The molecule has 0 saturated heterocycles. The van der Waals surface area contributed by atoms with Crippen molar-refractivity contribution in [3.05, 3.63) is 75.8 Å². The summed E-state index contributed by atoms with van der Waals surface area (Å²) in [7, 11) is 0. The third-order valence-corrected chi connectivity index (χ3v) is 5.16. The summed E-state index contributed by atoms with van der Waals surface area (Å²) in [5.41, 5.74) is 0.00833. The van der Waals surface area contributed by atoms with E-state index in [1.165, 1.54) is 23.9 Å². The second-order valence-corrected chi connectivity index (χ2v) is 7.38. The highest BCUT2D eigenvalue weighted by Crippen LogP contribution is 2.26. The molecule has 0 radical (unpaired) electrons. The Morgan fingerprint density at radius 1 is 1.07 bits per heavy atom. The number of non-ortho nitro benzene ring substituents is 1. The third kappa shape index (κ3) is 5.69. The number of thioether (sulfide) groups is 1. The number of anilines is 1. The first-order valence-corrected chi connectivity index (χ1v) is 9.80. The van der Waals surface area contributed by atoms with E-state index in [-0.39, 0.29) is 22.2 Å². The second kappa shape index (κ2) is 9.40. The van der Waals surface area contributed by atoms with Crippen molar-refractivity contribution < 1.29 is 19.2 Å². The fraction of sp³-hybridized carbons (Fsp3) is 0.100. The number of nitrogens with zero attached hydrogens (tertiary/aromatic N) is 1. The van der Waals surface area contributed by atoms with E-state index < -0.39 is 23.4 Å². The lowest BCUT2D eigenvalue weighted by molar-refractivity contribution is -0.384. The van der Waals surface area contributed by atoms with E-state index in [4.69, 9.17) is 16.3 Å². The Morgan fingerprint density at radius 2 is 1.83 bits per heavy atom. The molecule has 1 N–H and O–H groups in total. The number of hydrogen-bond donors (Lipinski definition) is 1. The summed E-state index contributed by atoms with van der Waals surface area (Å²) in [6, 6.07) is 17.4. The fourth-order valence-electron chi connectivity index (χ4n) is 2.49. The molecule has 3 rings (SSSR count). The van der Waals surface area contributed by atoms with Crippen LogP contribution in [0, 0.1) is 10.1 Å². The molecule has 9 heteroatoms. The summed E-state index contributed by atoms with van der Waals surface area (Å²) in [4.78, 5) is 34.8. The van der Waals surface area contributed by atoms with Crippen LogP contribution in [-0.4, -0.2) is 29.2 Å². The Kier molecular flexibility index (Phi) is 6.69. The van der Waals surface area contributed by atoms with Crippen molar-refractivity contribution in [3.8, 4) is 0 Å². The lowest BCUT2D eigenvalue weighted by Gasteiger charge is -2.08. The summed E-state index contributed by atoms with van der Waals surface area (Å²) in [5, 5.41) is 15.3. The molecule has 0 bridgehead atoms. The van der Waals surface area contributed by atoms with Crippen LogP contribution in [0.5, 0.6) is 0 Å². The highest BCUT2D eigenvalue weighted by molar-refractivity contribution is 8.00. The first-order valence-electron chi connectivity index (χ1n) is 8.43. The van der Waals surface area contributed by atoms with Crippen LogP contribution in [0.15, 0.2) is 65.6 Å². The summed E-state index contributed by atoms with van der Waals surface area (Å²) >= 11 is 7.22. The average Bonchev–Trinajstić information content (AvgIpc) is 2.72. The number of nitro benzene ring substituents is 1. The minimum absolute atomic E-state index is 0.0192. The molecule has 0 aliphatic heterocycles. The summed E-state index contributed by atoms with van der Waals surface area (Å²) in [5.74, 6) is -1.07. The topological polar surface area (TPSA) is 98.5 Å². The van der Waals surface area contributed by atoms with Crippen LogP contribution in [0.1, 0.15) is 0 Å². The smallest absolute Gasteiger partial charge is 0.316 e. The van der Waals surface area contributed by atoms with Crippen LogP contribution in [0.2, 0.25) is 5.02 Å². The maximum Gasteiger partial charge on any atom is 0.316 e. The number of halogens is 1. The van der Waals surface area contributed by atoms with Crippen LogP contribution < -0.4 is 5.32 Å². The van der Waals surface area contributed by atoms with Crippen LogP contribution in [0.25, 0.3) is 10.8 Å². The van der Waals surface area contributed by atoms with E-state index in [1.54, 1.807) is 0 Å². The molecule has 1 amide bonds. The summed E-state index contributed by atoms with van der Waals surface area (Å²) in [6.07, 6.45) is 0. The number of carbonyl (C=O) groups is 2. The second-order valence-electron chi connectivity index (χ2n) is 5.93. The maximum atomic E-state index is 11.9. The van der Waals surface area contributed by atoms with Crippen molar-refractivity contribution in [2.45, 2.75) is 4.90 Å². The van der Waals surface area contributed by atoms with Crippen LogP contribution >= 0.6 is 23.4 Å². The van der Waals surface area contributed by atoms with Gasteiger partial charge in [0.1, 0.15) is 0 Å². The zero-order valence-corrected chi connectivity index (χ0v) is 16.5. The number of amides is 1. The first-order chi connectivity index (χ1) is 13.9. The van der Waals surface area contributed by atoms with E-state index in [2.05, 4.69) is 5.32 Å². The van der Waals surface area contributed by atoms with Gasteiger partial charge in [-0.2, -0.15) is 0 Å². The minimum atomic E-state index is -0.593. The van der Waals surface area contributed by atoms with Crippen molar-refractivity contribution in [1.29, 1.82) is 0 Å². The molecule has 7 nitrogen and oxygen atoms in total. The number of fused-ring (bicyclic) bond motifs is 1. The average molecular weight is 431 g/mol. The Bertz CT molecular complexity index is 1090. The van der Waals surface area contributed by atoms with E-state index in [0.29, 0.717) is 0 Å². The van der Waals surface area contributed by atoms with Gasteiger partial charge in [-0.1, -0.05) is 41.9 Å². The first kappa shape index (κ1) is 20.6. The number of carbonyl (C=O) groups excluding carboxylic acids is 2. The molecule has 3 aromatic carbocycles. The lowest BCUT2D eigenvalue weighted by atomic mass is 10.1. The van der Waals surface area contributed by atoms with Gasteiger partial charge < -0.3 is 10.1 Å². The number of ether oxygens (including phenoxy) is 1. The van der Waals surface area contributed by atoms with E-state index >= 15 is 0 Å². The van der Waals surface area contributed by atoms with Crippen molar-refractivity contribution in [3.63, 3.8) is 0 Å². The molecule has 3 aromatic rings. The quantitative estimate of drug-likeness (QED) is 0.253. The number of nitrogens with one attached hydrogen (secondary N) is 1. The molecule has 0 aliphatic carbocycles. The van der Waals surface area contributed by atoms with E-state index in [0.717, 1.165) is 21.7 Å². The summed E-state index contributed by atoms with van der Waals surface area (Å²) < 4.78 is 4.96. The van der Waals surface area contributed by atoms with Gasteiger partial charge in [0.25, 0.3) is 11.6 Å². The van der Waals surface area contributed by atoms with Crippen molar-refractivity contribution in [2.24, 2.45) is 0 Å². The lowest BCUT2D eigenvalue weighted by Crippen LogP contribution is -2.21. The molecule has 0 spiro atoms. The number of nitro groups is 1.